The molecule has 1 aliphatic heterocycles. The van der Waals surface area contributed by atoms with Crippen molar-refractivity contribution < 1.29 is 18.9 Å². The fourth-order valence-corrected chi connectivity index (χ4v) is 3.32. The highest BCUT2D eigenvalue weighted by Crippen LogP contribution is 2.40. The monoisotopic (exact) mass is 391 g/mol. The molecule has 4 N–H and O–H groups in total. The molecule has 1 atom stereocenters. The van der Waals surface area contributed by atoms with Gasteiger partial charge >= 0.3 is 0 Å². The van der Waals surface area contributed by atoms with E-state index in [0.717, 1.165) is 18.6 Å². The van der Waals surface area contributed by atoms with Gasteiger partial charge in [0.2, 0.25) is 11.8 Å². The van der Waals surface area contributed by atoms with Gasteiger partial charge in [-0.1, -0.05) is 5.16 Å². The van der Waals surface area contributed by atoms with Gasteiger partial charge in [-0.15, -0.1) is 0 Å². The zero-order valence-electron chi connectivity index (χ0n) is 16.3. The van der Waals surface area contributed by atoms with E-state index in [4.69, 9.17) is 10.3 Å². The number of aromatic nitrogens is 1. The van der Waals surface area contributed by atoms with Gasteiger partial charge < -0.3 is 25.8 Å². The molecule has 1 aliphatic carbocycles. The Labute approximate surface area is 164 Å². The molecule has 2 heterocycles. The van der Waals surface area contributed by atoms with Crippen LogP contribution < -0.4 is 16.4 Å². The fourth-order valence-electron chi connectivity index (χ4n) is 3.32. The molecule has 1 saturated heterocycles. The first kappa shape index (κ1) is 20.3. The van der Waals surface area contributed by atoms with Crippen molar-refractivity contribution in [2.24, 2.45) is 5.73 Å². The first-order chi connectivity index (χ1) is 13.4. The lowest BCUT2D eigenvalue weighted by atomic mass is 10.0. The second-order valence-corrected chi connectivity index (χ2v) is 7.80. The van der Waals surface area contributed by atoms with Gasteiger partial charge in [0.15, 0.2) is 5.69 Å². The molecule has 154 valence electrons. The largest absolute Gasteiger partial charge is 0.360 e. The Bertz CT molecular complexity index is 705. The van der Waals surface area contributed by atoms with Crippen LogP contribution in [-0.2, 0) is 9.59 Å². The van der Waals surface area contributed by atoms with Crippen molar-refractivity contribution in [3.05, 3.63) is 17.5 Å². The molecule has 1 saturated carbocycles. The summed E-state index contributed by atoms with van der Waals surface area (Å²) in [6.45, 7) is 3.26. The van der Waals surface area contributed by atoms with Gasteiger partial charge in [-0.2, -0.15) is 0 Å². The molecular weight excluding hydrogens is 362 g/mol. The second-order valence-electron chi connectivity index (χ2n) is 7.80. The van der Waals surface area contributed by atoms with Crippen molar-refractivity contribution in [1.29, 1.82) is 0 Å². The van der Waals surface area contributed by atoms with Gasteiger partial charge in [-0.05, 0) is 32.6 Å². The van der Waals surface area contributed by atoms with E-state index in [9.17, 15) is 14.4 Å². The van der Waals surface area contributed by atoms with Crippen molar-refractivity contribution in [2.45, 2.75) is 63.5 Å². The number of hydrogen-bond donors (Lipinski definition) is 3. The highest BCUT2D eigenvalue weighted by molar-refractivity contribution is 5.92. The Kier molecular flexibility index (Phi) is 6.66. The summed E-state index contributed by atoms with van der Waals surface area (Å²) in [6, 6.07) is 1.55. The maximum absolute atomic E-state index is 12.3. The van der Waals surface area contributed by atoms with Crippen LogP contribution in [0.3, 0.4) is 0 Å². The zero-order chi connectivity index (χ0) is 20.1. The van der Waals surface area contributed by atoms with Crippen LogP contribution in [-0.4, -0.2) is 59.5 Å². The molecule has 1 aromatic rings. The molecule has 2 fully saturated rings. The highest BCUT2D eigenvalue weighted by Gasteiger charge is 2.30. The van der Waals surface area contributed by atoms with Crippen LogP contribution in [0.5, 0.6) is 0 Å². The third-order valence-electron chi connectivity index (χ3n) is 5.09. The second kappa shape index (κ2) is 9.18. The quantitative estimate of drug-likeness (QED) is 0.592. The number of nitrogens with zero attached hydrogens (tertiary/aromatic N) is 2. The highest BCUT2D eigenvalue weighted by atomic mass is 16.5. The summed E-state index contributed by atoms with van der Waals surface area (Å²) in [4.78, 5) is 37.9. The summed E-state index contributed by atoms with van der Waals surface area (Å²) in [5.41, 5.74) is 5.89. The van der Waals surface area contributed by atoms with Gasteiger partial charge in [0.1, 0.15) is 5.76 Å². The average Bonchev–Trinajstić information content (AvgIpc) is 3.38. The molecule has 2 aliphatic rings. The minimum Gasteiger partial charge on any atom is -0.360 e. The smallest absolute Gasteiger partial charge is 0.273 e. The molecule has 9 nitrogen and oxygen atoms in total. The molecule has 0 aromatic carbocycles. The third kappa shape index (κ3) is 5.79. The lowest BCUT2D eigenvalue weighted by molar-refractivity contribution is -0.132. The number of likely N-dealkylation sites (tertiary alicyclic amines) is 1. The van der Waals surface area contributed by atoms with E-state index in [1.54, 1.807) is 17.9 Å². The molecule has 3 amide bonds. The van der Waals surface area contributed by atoms with Gasteiger partial charge in [0.05, 0.1) is 0 Å². The molecule has 9 heteroatoms. The van der Waals surface area contributed by atoms with E-state index >= 15 is 0 Å². The topological polar surface area (TPSA) is 131 Å². The van der Waals surface area contributed by atoms with Crippen molar-refractivity contribution >= 4 is 17.7 Å². The van der Waals surface area contributed by atoms with Crippen LogP contribution >= 0.6 is 0 Å². The molecule has 0 spiro atoms. The Hall–Kier alpha value is -2.42. The first-order valence-electron chi connectivity index (χ1n) is 10.00. The standard InChI is InChI=1S/C19H29N5O4/c1-12(20)10-17(25)21-7-4-18(26)24-8-5-14(6-9-24)22-19(27)15-11-16(28-23-15)13-2-3-13/h11-14H,2-10,20H2,1H3,(H,21,25)(H,22,27). The molecule has 3 rings (SSSR count). The Balaban J connectivity index is 1.34. The number of nitrogens with one attached hydrogen (secondary N) is 2. The molecule has 1 aromatic heterocycles. The van der Waals surface area contributed by atoms with Crippen LogP contribution in [0, 0.1) is 0 Å². The number of carbonyl (C=O) groups is 3. The minimum absolute atomic E-state index is 0.0106. The Morgan fingerprint density at radius 3 is 2.64 bits per heavy atom. The zero-order valence-corrected chi connectivity index (χ0v) is 16.3. The van der Waals surface area contributed by atoms with E-state index in [1.807, 2.05) is 0 Å². The van der Waals surface area contributed by atoms with Crippen molar-refractivity contribution in [3.63, 3.8) is 0 Å². The predicted molar refractivity (Wildman–Crippen MR) is 101 cm³/mol. The van der Waals surface area contributed by atoms with E-state index in [1.165, 1.54) is 0 Å². The van der Waals surface area contributed by atoms with Crippen molar-refractivity contribution in [3.8, 4) is 0 Å². The summed E-state index contributed by atoms with van der Waals surface area (Å²) in [5, 5.41) is 9.55. The fraction of sp³-hybridized carbons (Fsp3) is 0.684. The lowest BCUT2D eigenvalue weighted by Gasteiger charge is -2.32. The van der Waals surface area contributed by atoms with E-state index in [2.05, 4.69) is 15.8 Å². The van der Waals surface area contributed by atoms with Crippen LogP contribution in [0.1, 0.15) is 67.6 Å². The first-order valence-corrected chi connectivity index (χ1v) is 10.00. The number of carbonyl (C=O) groups excluding carboxylic acids is 3. The molecular formula is C19H29N5O4. The van der Waals surface area contributed by atoms with Crippen LogP contribution in [0.15, 0.2) is 10.6 Å². The van der Waals surface area contributed by atoms with Gasteiger partial charge in [-0.3, -0.25) is 14.4 Å². The Morgan fingerprint density at radius 1 is 1.29 bits per heavy atom. The molecule has 28 heavy (non-hydrogen) atoms. The Morgan fingerprint density at radius 2 is 2.00 bits per heavy atom. The maximum Gasteiger partial charge on any atom is 0.273 e. The minimum atomic E-state index is -0.225. The third-order valence-corrected chi connectivity index (χ3v) is 5.09. The molecule has 0 radical (unpaired) electrons. The van der Waals surface area contributed by atoms with Crippen LogP contribution in [0.25, 0.3) is 0 Å². The van der Waals surface area contributed by atoms with E-state index in [-0.39, 0.29) is 42.6 Å². The maximum atomic E-state index is 12.3. The van der Waals surface area contributed by atoms with Crippen molar-refractivity contribution in [1.82, 2.24) is 20.7 Å². The van der Waals surface area contributed by atoms with E-state index < -0.39 is 0 Å². The summed E-state index contributed by atoms with van der Waals surface area (Å²) in [5.74, 6) is 0.862. The van der Waals surface area contributed by atoms with Gasteiger partial charge in [-0.25, -0.2) is 0 Å². The number of hydrogen-bond acceptors (Lipinski definition) is 6. The van der Waals surface area contributed by atoms with Crippen LogP contribution in [0.2, 0.25) is 0 Å². The number of amides is 3. The van der Waals surface area contributed by atoms with Gasteiger partial charge in [0, 0.05) is 56.5 Å². The normalized spacial score (nSPS) is 18.6. The molecule has 0 bridgehead atoms. The van der Waals surface area contributed by atoms with Crippen molar-refractivity contribution in [2.75, 3.05) is 19.6 Å². The lowest BCUT2D eigenvalue weighted by Crippen LogP contribution is -2.47. The summed E-state index contributed by atoms with van der Waals surface area (Å²) < 4.78 is 5.22. The van der Waals surface area contributed by atoms with Crippen LogP contribution in [0.4, 0.5) is 0 Å². The van der Waals surface area contributed by atoms with E-state index in [0.29, 0.717) is 44.1 Å². The summed E-state index contributed by atoms with van der Waals surface area (Å²) in [6.07, 6.45) is 4.11. The summed E-state index contributed by atoms with van der Waals surface area (Å²) >= 11 is 0. The number of piperidine rings is 1. The molecule has 1 unspecified atom stereocenters. The number of nitrogens with two attached hydrogens (primary N) is 1. The SMILES string of the molecule is CC(N)CC(=O)NCCC(=O)N1CCC(NC(=O)c2cc(C3CC3)on2)CC1. The van der Waals surface area contributed by atoms with Gasteiger partial charge in [0.25, 0.3) is 5.91 Å². The average molecular weight is 391 g/mol. The predicted octanol–water partition coefficient (Wildman–Crippen LogP) is 0.516. The summed E-state index contributed by atoms with van der Waals surface area (Å²) in [7, 11) is 0. The number of rotatable bonds is 8.